The number of rotatable bonds is 7. The summed E-state index contributed by atoms with van der Waals surface area (Å²) in [4.78, 5) is 58.5. The Balaban J connectivity index is 1.06. The van der Waals surface area contributed by atoms with E-state index < -0.39 is 5.54 Å². The first kappa shape index (κ1) is 29.2. The fourth-order valence-electron chi connectivity index (χ4n) is 7.18. The molecule has 10 heteroatoms. The van der Waals surface area contributed by atoms with Crippen LogP contribution in [0.4, 0.5) is 5.69 Å². The zero-order valence-electron chi connectivity index (χ0n) is 24.7. The van der Waals surface area contributed by atoms with Gasteiger partial charge in [-0.1, -0.05) is 61.7 Å². The third-order valence-corrected chi connectivity index (χ3v) is 9.64. The zero-order chi connectivity index (χ0) is 29.8. The van der Waals surface area contributed by atoms with E-state index >= 15 is 0 Å². The van der Waals surface area contributed by atoms with Gasteiger partial charge in [-0.2, -0.15) is 0 Å². The molecule has 2 aromatic carbocycles. The van der Waals surface area contributed by atoms with Gasteiger partial charge < -0.3 is 30.7 Å². The van der Waals surface area contributed by atoms with Crippen molar-refractivity contribution in [1.82, 2.24) is 25.8 Å². The molecule has 1 unspecified atom stereocenters. The summed E-state index contributed by atoms with van der Waals surface area (Å²) in [5.74, 6) is -0.497. The SMILES string of the molecule is O=C(CN1CN(c2ccccc2)C2(CCN(C(=O)CNC(=O)C3Cc4ccccc4CN3)CC2)C1=O)NC1CCCCC1. The number of amides is 4. The Labute approximate surface area is 253 Å². The molecule has 228 valence electrons. The summed E-state index contributed by atoms with van der Waals surface area (Å²) in [6.45, 7) is 1.73. The molecule has 1 saturated carbocycles. The van der Waals surface area contributed by atoms with Crippen LogP contribution in [0.5, 0.6) is 0 Å². The Bertz CT molecular complexity index is 1340. The van der Waals surface area contributed by atoms with E-state index in [1.165, 1.54) is 12.0 Å². The lowest BCUT2D eigenvalue weighted by Crippen LogP contribution is -2.58. The standard InChI is InChI=1S/C33H42N6O4/c40-29(36-26-11-3-1-4-12-26)22-38-23-39(27-13-5-2-6-14-27)33(32(38)43)15-17-37(18-16-33)30(41)21-35-31(42)28-19-24-9-7-8-10-25(24)20-34-28/h2,5-10,13-14,26,28,34H,1,3-4,11-12,15-23H2,(H,35,42)(H,36,40). The highest BCUT2D eigenvalue weighted by Crippen LogP contribution is 2.39. The summed E-state index contributed by atoms with van der Waals surface area (Å²) in [5, 5.41) is 9.23. The van der Waals surface area contributed by atoms with Crippen LogP contribution >= 0.6 is 0 Å². The molecule has 10 nitrogen and oxygen atoms in total. The van der Waals surface area contributed by atoms with Crippen LogP contribution < -0.4 is 20.9 Å². The highest BCUT2D eigenvalue weighted by molar-refractivity contribution is 5.96. The number of nitrogens with zero attached hydrogens (tertiary/aromatic N) is 3. The Morgan fingerprint density at radius 3 is 2.35 bits per heavy atom. The number of nitrogens with one attached hydrogen (secondary N) is 3. The van der Waals surface area contributed by atoms with Gasteiger partial charge in [-0.3, -0.25) is 19.2 Å². The monoisotopic (exact) mass is 586 g/mol. The normalized spacial score (nSPS) is 21.9. The average molecular weight is 587 g/mol. The molecular formula is C33H42N6O4. The van der Waals surface area contributed by atoms with Gasteiger partial charge in [0.05, 0.1) is 19.3 Å². The van der Waals surface area contributed by atoms with Crippen LogP contribution in [0.2, 0.25) is 0 Å². The van der Waals surface area contributed by atoms with E-state index in [2.05, 4.69) is 26.9 Å². The summed E-state index contributed by atoms with van der Waals surface area (Å²) >= 11 is 0. The van der Waals surface area contributed by atoms with E-state index in [0.717, 1.165) is 36.9 Å². The van der Waals surface area contributed by atoms with Gasteiger partial charge in [0, 0.05) is 31.4 Å². The number of hydrogen-bond acceptors (Lipinski definition) is 6. The van der Waals surface area contributed by atoms with Crippen molar-refractivity contribution >= 4 is 29.3 Å². The molecule has 3 fully saturated rings. The van der Waals surface area contributed by atoms with Crippen LogP contribution in [0, 0.1) is 0 Å². The third-order valence-electron chi connectivity index (χ3n) is 9.64. The molecule has 0 aromatic heterocycles. The number of para-hydroxylation sites is 1. The van der Waals surface area contributed by atoms with Crippen LogP contribution in [-0.4, -0.2) is 83.9 Å². The van der Waals surface area contributed by atoms with Gasteiger partial charge in [-0.15, -0.1) is 0 Å². The van der Waals surface area contributed by atoms with Crippen molar-refractivity contribution in [2.45, 2.75) is 75.5 Å². The fraction of sp³-hybridized carbons (Fsp3) is 0.515. The van der Waals surface area contributed by atoms with Crippen LogP contribution in [0.15, 0.2) is 54.6 Å². The minimum Gasteiger partial charge on any atom is -0.352 e. The summed E-state index contributed by atoms with van der Waals surface area (Å²) in [6, 6.07) is 17.7. The van der Waals surface area contributed by atoms with Crippen LogP contribution in [-0.2, 0) is 32.1 Å². The maximum Gasteiger partial charge on any atom is 0.250 e. The Hall–Kier alpha value is -3.92. The zero-order valence-corrected chi connectivity index (χ0v) is 24.7. The second-order valence-corrected chi connectivity index (χ2v) is 12.3. The van der Waals surface area contributed by atoms with Gasteiger partial charge in [0.25, 0.3) is 5.91 Å². The second kappa shape index (κ2) is 12.8. The Kier molecular flexibility index (Phi) is 8.65. The highest BCUT2D eigenvalue weighted by atomic mass is 16.2. The lowest BCUT2D eigenvalue weighted by atomic mass is 9.85. The average Bonchev–Trinajstić information content (AvgIpc) is 3.30. The molecule has 1 aliphatic carbocycles. The van der Waals surface area contributed by atoms with Gasteiger partial charge in [-0.05, 0) is 55.4 Å². The van der Waals surface area contributed by atoms with Crippen LogP contribution in [0.1, 0.15) is 56.1 Å². The first-order valence-electron chi connectivity index (χ1n) is 15.7. The molecule has 4 amide bonds. The minimum absolute atomic E-state index is 0.0365. The van der Waals surface area contributed by atoms with E-state index in [4.69, 9.17) is 0 Å². The molecule has 43 heavy (non-hydrogen) atoms. The molecule has 4 aliphatic rings. The molecule has 2 saturated heterocycles. The highest BCUT2D eigenvalue weighted by Gasteiger charge is 2.54. The summed E-state index contributed by atoms with van der Waals surface area (Å²) in [6.07, 6.45) is 6.97. The molecule has 3 aliphatic heterocycles. The van der Waals surface area contributed by atoms with Crippen molar-refractivity contribution < 1.29 is 19.2 Å². The molecule has 3 N–H and O–H groups in total. The fourth-order valence-corrected chi connectivity index (χ4v) is 7.18. The first-order valence-corrected chi connectivity index (χ1v) is 15.7. The number of piperidine rings is 1. The number of fused-ring (bicyclic) bond motifs is 1. The molecule has 0 radical (unpaired) electrons. The van der Waals surface area contributed by atoms with Gasteiger partial charge >= 0.3 is 0 Å². The van der Waals surface area contributed by atoms with Crippen molar-refractivity contribution in [3.05, 3.63) is 65.7 Å². The maximum atomic E-state index is 14.0. The Morgan fingerprint density at radius 2 is 1.60 bits per heavy atom. The van der Waals surface area contributed by atoms with Crippen molar-refractivity contribution in [2.24, 2.45) is 0 Å². The van der Waals surface area contributed by atoms with Crippen molar-refractivity contribution in [2.75, 3.05) is 37.7 Å². The molecular weight excluding hydrogens is 544 g/mol. The number of hydrogen-bond donors (Lipinski definition) is 3. The van der Waals surface area contributed by atoms with Gasteiger partial charge in [0.2, 0.25) is 17.7 Å². The van der Waals surface area contributed by atoms with Gasteiger partial charge in [-0.25, -0.2) is 0 Å². The number of carbonyl (C=O) groups is 4. The van der Waals surface area contributed by atoms with Crippen molar-refractivity contribution in [3.63, 3.8) is 0 Å². The lowest BCUT2D eigenvalue weighted by molar-refractivity contribution is -0.140. The van der Waals surface area contributed by atoms with E-state index in [-0.39, 0.29) is 48.8 Å². The lowest BCUT2D eigenvalue weighted by Gasteiger charge is -2.43. The second-order valence-electron chi connectivity index (χ2n) is 12.3. The Morgan fingerprint density at radius 1 is 0.907 bits per heavy atom. The summed E-state index contributed by atoms with van der Waals surface area (Å²) in [7, 11) is 0. The molecule has 1 spiro atoms. The molecule has 0 bridgehead atoms. The summed E-state index contributed by atoms with van der Waals surface area (Å²) < 4.78 is 0. The topological polar surface area (TPSA) is 114 Å². The number of anilines is 1. The number of likely N-dealkylation sites (tertiary alicyclic amines) is 1. The smallest absolute Gasteiger partial charge is 0.250 e. The maximum absolute atomic E-state index is 14.0. The molecule has 6 rings (SSSR count). The first-order chi connectivity index (χ1) is 20.9. The number of carbonyl (C=O) groups excluding carboxylic acids is 4. The van der Waals surface area contributed by atoms with Crippen molar-refractivity contribution in [1.29, 1.82) is 0 Å². The molecule has 2 aromatic rings. The van der Waals surface area contributed by atoms with Gasteiger partial charge in [0.1, 0.15) is 12.1 Å². The summed E-state index contributed by atoms with van der Waals surface area (Å²) in [5.41, 5.74) is 2.46. The third kappa shape index (κ3) is 6.25. The van der Waals surface area contributed by atoms with E-state index in [9.17, 15) is 19.2 Å². The van der Waals surface area contributed by atoms with E-state index in [1.807, 2.05) is 48.5 Å². The predicted molar refractivity (Wildman–Crippen MR) is 163 cm³/mol. The molecule has 3 heterocycles. The van der Waals surface area contributed by atoms with Crippen molar-refractivity contribution in [3.8, 4) is 0 Å². The number of benzene rings is 2. The minimum atomic E-state index is -0.814. The predicted octanol–water partition coefficient (Wildman–Crippen LogP) is 1.93. The van der Waals surface area contributed by atoms with Crippen LogP contribution in [0.3, 0.4) is 0 Å². The molecule has 1 atom stereocenters. The largest absolute Gasteiger partial charge is 0.352 e. The van der Waals surface area contributed by atoms with Gasteiger partial charge in [0.15, 0.2) is 0 Å². The van der Waals surface area contributed by atoms with E-state index in [1.54, 1.807) is 9.80 Å². The van der Waals surface area contributed by atoms with Crippen LogP contribution in [0.25, 0.3) is 0 Å². The van der Waals surface area contributed by atoms with E-state index in [0.29, 0.717) is 45.6 Å². The quantitative estimate of drug-likeness (QED) is 0.457.